The van der Waals surface area contributed by atoms with Crippen molar-refractivity contribution in [3.63, 3.8) is 0 Å². The highest BCUT2D eigenvalue weighted by atomic mass is 16.2. The van der Waals surface area contributed by atoms with Crippen molar-refractivity contribution in [2.45, 2.75) is 52.1 Å². The highest BCUT2D eigenvalue weighted by Gasteiger charge is 2.18. The first-order valence-corrected chi connectivity index (χ1v) is 6.28. The molecule has 0 rings (SSSR count). The van der Waals surface area contributed by atoms with E-state index in [-0.39, 0.29) is 23.9 Å². The molecule has 0 aromatic rings. The fraction of sp³-hybridized carbons (Fsp3) is 0.833. The van der Waals surface area contributed by atoms with Gasteiger partial charge in [0.25, 0.3) is 0 Å². The molecule has 0 radical (unpaired) electrons. The Morgan fingerprint density at radius 2 is 1.65 bits per heavy atom. The second-order valence-electron chi connectivity index (χ2n) is 4.22. The summed E-state index contributed by atoms with van der Waals surface area (Å²) < 4.78 is 0. The maximum absolute atomic E-state index is 11.6. The maximum Gasteiger partial charge on any atom is 0.236 e. The second kappa shape index (κ2) is 8.98. The lowest BCUT2D eigenvalue weighted by atomic mass is 10.2. The van der Waals surface area contributed by atoms with Crippen molar-refractivity contribution in [2.24, 2.45) is 0 Å². The van der Waals surface area contributed by atoms with Crippen LogP contribution in [0.2, 0.25) is 0 Å². The summed E-state index contributed by atoms with van der Waals surface area (Å²) >= 11 is 0. The first-order chi connectivity index (χ1) is 8.02. The van der Waals surface area contributed by atoms with Crippen molar-refractivity contribution >= 4 is 11.8 Å². The molecule has 0 bridgehead atoms. The van der Waals surface area contributed by atoms with Gasteiger partial charge in [-0.1, -0.05) is 19.8 Å². The van der Waals surface area contributed by atoms with Crippen LogP contribution in [-0.4, -0.2) is 37.5 Å². The van der Waals surface area contributed by atoms with E-state index in [1.807, 2.05) is 0 Å². The van der Waals surface area contributed by atoms with Gasteiger partial charge in [0.05, 0.1) is 12.1 Å². The van der Waals surface area contributed by atoms with E-state index in [4.69, 9.17) is 0 Å². The minimum atomic E-state index is -0.364. The molecular formula is C12H25N3O2. The molecule has 0 aliphatic heterocycles. The molecule has 0 saturated heterocycles. The number of rotatable bonds is 8. The van der Waals surface area contributed by atoms with Crippen LogP contribution in [0.25, 0.3) is 0 Å². The van der Waals surface area contributed by atoms with E-state index >= 15 is 0 Å². The maximum atomic E-state index is 11.6. The summed E-state index contributed by atoms with van der Waals surface area (Å²) in [6.45, 7) is 6.32. The molecule has 2 unspecified atom stereocenters. The van der Waals surface area contributed by atoms with Gasteiger partial charge in [-0.25, -0.2) is 0 Å². The molecule has 0 heterocycles. The molecule has 2 amide bonds. The number of hydrogen-bond donors (Lipinski definition) is 3. The molecule has 0 aliphatic rings. The van der Waals surface area contributed by atoms with E-state index in [0.717, 1.165) is 19.3 Å². The summed E-state index contributed by atoms with van der Waals surface area (Å²) in [6, 6.07) is -0.722. The van der Waals surface area contributed by atoms with Crippen molar-refractivity contribution < 1.29 is 9.59 Å². The fourth-order valence-electron chi connectivity index (χ4n) is 1.48. The Kier molecular flexibility index (Phi) is 8.40. The minimum absolute atomic E-state index is 0.0585. The molecule has 0 fully saturated rings. The minimum Gasteiger partial charge on any atom is -0.358 e. The molecule has 0 aromatic carbocycles. The first-order valence-electron chi connectivity index (χ1n) is 6.28. The summed E-state index contributed by atoms with van der Waals surface area (Å²) in [4.78, 5) is 22.9. The van der Waals surface area contributed by atoms with Gasteiger partial charge in [-0.05, 0) is 20.3 Å². The van der Waals surface area contributed by atoms with Gasteiger partial charge < -0.3 is 10.6 Å². The Bertz CT molecular complexity index is 244. The average Bonchev–Trinajstić information content (AvgIpc) is 2.32. The number of hydrogen-bond acceptors (Lipinski definition) is 3. The largest absolute Gasteiger partial charge is 0.358 e. The average molecular weight is 243 g/mol. The lowest BCUT2D eigenvalue weighted by molar-refractivity contribution is -0.124. The van der Waals surface area contributed by atoms with Crippen LogP contribution in [-0.2, 0) is 9.59 Å². The molecular weight excluding hydrogens is 218 g/mol. The summed E-state index contributed by atoms with van der Waals surface area (Å²) in [6.07, 6.45) is 3.26. The standard InChI is InChI=1S/C12H25N3O2/c1-5-6-7-8-14-12(17)10(3)15-9(2)11(16)13-4/h9-10,15H,5-8H2,1-4H3,(H,13,16)(H,14,17). The van der Waals surface area contributed by atoms with Crippen LogP contribution in [0.4, 0.5) is 0 Å². The predicted molar refractivity (Wildman–Crippen MR) is 68.7 cm³/mol. The number of unbranched alkanes of at least 4 members (excludes halogenated alkanes) is 2. The van der Waals surface area contributed by atoms with Gasteiger partial charge in [0, 0.05) is 13.6 Å². The Balaban J connectivity index is 3.84. The van der Waals surface area contributed by atoms with Crippen molar-refractivity contribution in [3.05, 3.63) is 0 Å². The van der Waals surface area contributed by atoms with Crippen LogP contribution in [0, 0.1) is 0 Å². The number of carbonyl (C=O) groups is 2. The number of carbonyl (C=O) groups excluding carboxylic acids is 2. The molecule has 5 nitrogen and oxygen atoms in total. The van der Waals surface area contributed by atoms with Crippen LogP contribution >= 0.6 is 0 Å². The van der Waals surface area contributed by atoms with Crippen molar-refractivity contribution in [1.82, 2.24) is 16.0 Å². The summed E-state index contributed by atoms with van der Waals surface area (Å²) in [5, 5.41) is 8.33. The lowest BCUT2D eigenvalue weighted by Crippen LogP contribution is -2.50. The fourth-order valence-corrected chi connectivity index (χ4v) is 1.48. The molecule has 100 valence electrons. The van der Waals surface area contributed by atoms with E-state index in [1.165, 1.54) is 0 Å². The van der Waals surface area contributed by atoms with Crippen LogP contribution in [0.1, 0.15) is 40.0 Å². The molecule has 0 saturated carbocycles. The lowest BCUT2D eigenvalue weighted by Gasteiger charge is -2.18. The van der Waals surface area contributed by atoms with Crippen LogP contribution < -0.4 is 16.0 Å². The number of nitrogens with one attached hydrogen (secondary N) is 3. The van der Waals surface area contributed by atoms with Crippen LogP contribution in [0.5, 0.6) is 0 Å². The molecule has 2 atom stereocenters. The molecule has 0 aromatic heterocycles. The third kappa shape index (κ3) is 6.94. The zero-order chi connectivity index (χ0) is 13.3. The van der Waals surface area contributed by atoms with Crippen LogP contribution in [0.3, 0.4) is 0 Å². The van der Waals surface area contributed by atoms with Crippen molar-refractivity contribution in [1.29, 1.82) is 0 Å². The normalized spacial score (nSPS) is 13.9. The SMILES string of the molecule is CCCCCNC(=O)C(C)NC(C)C(=O)NC. The van der Waals surface area contributed by atoms with Gasteiger partial charge in [0.1, 0.15) is 0 Å². The van der Waals surface area contributed by atoms with Gasteiger partial charge in [0.15, 0.2) is 0 Å². The molecule has 17 heavy (non-hydrogen) atoms. The highest BCUT2D eigenvalue weighted by Crippen LogP contribution is 1.93. The summed E-state index contributed by atoms with van der Waals surface area (Å²) in [5.41, 5.74) is 0. The molecule has 5 heteroatoms. The monoisotopic (exact) mass is 243 g/mol. The second-order valence-corrected chi connectivity index (χ2v) is 4.22. The Morgan fingerprint density at radius 1 is 1.06 bits per heavy atom. The third-order valence-electron chi connectivity index (χ3n) is 2.61. The Labute approximate surface area is 104 Å². The van der Waals surface area contributed by atoms with E-state index in [1.54, 1.807) is 20.9 Å². The highest BCUT2D eigenvalue weighted by molar-refractivity contribution is 5.84. The zero-order valence-corrected chi connectivity index (χ0v) is 11.3. The van der Waals surface area contributed by atoms with Crippen LogP contribution in [0.15, 0.2) is 0 Å². The van der Waals surface area contributed by atoms with Crippen molar-refractivity contribution in [2.75, 3.05) is 13.6 Å². The van der Waals surface area contributed by atoms with E-state index in [9.17, 15) is 9.59 Å². The smallest absolute Gasteiger partial charge is 0.236 e. The van der Waals surface area contributed by atoms with Gasteiger partial charge in [-0.3, -0.25) is 14.9 Å². The number of likely N-dealkylation sites (N-methyl/N-ethyl adjacent to an activating group) is 1. The quantitative estimate of drug-likeness (QED) is 0.541. The Hall–Kier alpha value is -1.10. The van der Waals surface area contributed by atoms with Gasteiger partial charge >= 0.3 is 0 Å². The zero-order valence-electron chi connectivity index (χ0n) is 11.3. The summed E-state index contributed by atoms with van der Waals surface area (Å²) in [7, 11) is 1.58. The van der Waals surface area contributed by atoms with E-state index in [2.05, 4.69) is 22.9 Å². The van der Waals surface area contributed by atoms with Crippen molar-refractivity contribution in [3.8, 4) is 0 Å². The third-order valence-corrected chi connectivity index (χ3v) is 2.61. The summed E-state index contributed by atoms with van der Waals surface area (Å²) in [5.74, 6) is -0.174. The predicted octanol–water partition coefficient (Wildman–Crippen LogP) is 0.405. The van der Waals surface area contributed by atoms with E-state index in [0.29, 0.717) is 6.54 Å². The van der Waals surface area contributed by atoms with Gasteiger partial charge in [-0.2, -0.15) is 0 Å². The first kappa shape index (κ1) is 15.9. The van der Waals surface area contributed by atoms with E-state index < -0.39 is 0 Å². The van der Waals surface area contributed by atoms with Gasteiger partial charge in [-0.15, -0.1) is 0 Å². The van der Waals surface area contributed by atoms with Gasteiger partial charge in [0.2, 0.25) is 11.8 Å². The molecule has 0 aliphatic carbocycles. The molecule has 0 spiro atoms. The Morgan fingerprint density at radius 3 is 2.18 bits per heavy atom. The number of amides is 2. The topological polar surface area (TPSA) is 70.2 Å². The molecule has 3 N–H and O–H groups in total.